The van der Waals surface area contributed by atoms with Crippen LogP contribution >= 0.6 is 15.9 Å². The lowest BCUT2D eigenvalue weighted by molar-refractivity contribution is 0.0703. The first-order chi connectivity index (χ1) is 10.2. The van der Waals surface area contributed by atoms with Crippen molar-refractivity contribution in [2.24, 2.45) is 0 Å². The molecule has 0 aliphatic heterocycles. The highest BCUT2D eigenvalue weighted by Crippen LogP contribution is 2.22. The van der Waals surface area contributed by atoms with E-state index in [1.807, 2.05) is 12.1 Å². The molecule has 3 aromatic heterocycles. The highest BCUT2D eigenvalue weighted by atomic mass is 79.9. The monoisotopic (exact) mass is 349 g/mol. The van der Waals surface area contributed by atoms with E-state index in [0.717, 1.165) is 0 Å². The standard InChI is InChI=1S/C15H12BrNO4/c16-14-13(5-8-21-14)15(18)17(9-11-3-1-6-19-11)10-12-4-2-7-20-12/h1-8H,9-10H2. The van der Waals surface area contributed by atoms with Gasteiger partial charge in [0.25, 0.3) is 5.91 Å². The van der Waals surface area contributed by atoms with Gasteiger partial charge >= 0.3 is 0 Å². The van der Waals surface area contributed by atoms with Crippen molar-refractivity contribution in [3.8, 4) is 0 Å². The maximum atomic E-state index is 12.6. The third-order valence-electron chi connectivity index (χ3n) is 2.99. The lowest BCUT2D eigenvalue weighted by Gasteiger charge is -2.20. The average Bonchev–Trinajstić information content (AvgIpc) is 3.19. The van der Waals surface area contributed by atoms with Crippen LogP contribution in [0.5, 0.6) is 0 Å². The zero-order valence-electron chi connectivity index (χ0n) is 11.0. The molecular formula is C15H12BrNO4. The molecule has 3 heterocycles. The molecule has 6 heteroatoms. The van der Waals surface area contributed by atoms with Crippen LogP contribution in [0.25, 0.3) is 0 Å². The maximum Gasteiger partial charge on any atom is 0.259 e. The Morgan fingerprint density at radius 2 is 1.57 bits per heavy atom. The van der Waals surface area contributed by atoms with Crippen molar-refractivity contribution in [2.45, 2.75) is 13.1 Å². The number of carbonyl (C=O) groups excluding carboxylic acids is 1. The van der Waals surface area contributed by atoms with E-state index in [9.17, 15) is 4.79 Å². The van der Waals surface area contributed by atoms with Gasteiger partial charge < -0.3 is 18.2 Å². The molecule has 0 fully saturated rings. The summed E-state index contributed by atoms with van der Waals surface area (Å²) in [6.45, 7) is 0.703. The van der Waals surface area contributed by atoms with Crippen molar-refractivity contribution in [3.05, 3.63) is 70.9 Å². The van der Waals surface area contributed by atoms with Crippen LogP contribution in [-0.4, -0.2) is 10.8 Å². The maximum absolute atomic E-state index is 12.6. The van der Waals surface area contributed by atoms with Crippen LogP contribution in [-0.2, 0) is 13.1 Å². The number of carbonyl (C=O) groups is 1. The summed E-state index contributed by atoms with van der Waals surface area (Å²) in [5, 5.41) is 0. The molecule has 3 aromatic rings. The van der Waals surface area contributed by atoms with E-state index >= 15 is 0 Å². The molecule has 0 unspecified atom stereocenters. The van der Waals surface area contributed by atoms with Gasteiger partial charge in [-0.05, 0) is 46.3 Å². The summed E-state index contributed by atoms with van der Waals surface area (Å²) in [6, 6.07) is 8.86. The Hall–Kier alpha value is -2.21. The number of hydrogen-bond donors (Lipinski definition) is 0. The number of amides is 1. The van der Waals surface area contributed by atoms with Crippen molar-refractivity contribution in [3.63, 3.8) is 0 Å². The fourth-order valence-electron chi connectivity index (χ4n) is 2.00. The molecule has 0 aromatic carbocycles. The van der Waals surface area contributed by atoms with Gasteiger partial charge in [0.1, 0.15) is 11.5 Å². The summed E-state index contributed by atoms with van der Waals surface area (Å²) < 4.78 is 16.2. The van der Waals surface area contributed by atoms with Crippen LogP contribution in [0, 0.1) is 0 Å². The highest BCUT2D eigenvalue weighted by molar-refractivity contribution is 9.10. The normalized spacial score (nSPS) is 10.7. The van der Waals surface area contributed by atoms with Crippen molar-refractivity contribution in [2.75, 3.05) is 0 Å². The first kappa shape index (κ1) is 13.8. The van der Waals surface area contributed by atoms with Crippen LogP contribution in [0.15, 0.2) is 67.0 Å². The third kappa shape index (κ3) is 3.11. The second-order valence-electron chi connectivity index (χ2n) is 4.43. The second kappa shape index (κ2) is 6.05. The Morgan fingerprint density at radius 3 is 2.00 bits per heavy atom. The van der Waals surface area contributed by atoms with Gasteiger partial charge in [-0.3, -0.25) is 4.79 Å². The van der Waals surface area contributed by atoms with Crippen LogP contribution in [0.2, 0.25) is 0 Å². The Kier molecular flexibility index (Phi) is 3.96. The van der Waals surface area contributed by atoms with E-state index < -0.39 is 0 Å². The third-order valence-corrected chi connectivity index (χ3v) is 3.60. The summed E-state index contributed by atoms with van der Waals surface area (Å²) >= 11 is 3.23. The highest BCUT2D eigenvalue weighted by Gasteiger charge is 2.22. The van der Waals surface area contributed by atoms with Gasteiger partial charge in [0.15, 0.2) is 4.67 Å². The minimum atomic E-state index is -0.163. The summed E-state index contributed by atoms with van der Waals surface area (Å²) in [5.41, 5.74) is 0.466. The van der Waals surface area contributed by atoms with Gasteiger partial charge in [0.05, 0.1) is 37.4 Å². The van der Waals surface area contributed by atoms with Crippen molar-refractivity contribution < 1.29 is 18.0 Å². The lowest BCUT2D eigenvalue weighted by atomic mass is 10.2. The zero-order valence-corrected chi connectivity index (χ0v) is 12.6. The Labute approximate surface area is 129 Å². The van der Waals surface area contributed by atoms with Gasteiger partial charge in [0, 0.05) is 0 Å². The van der Waals surface area contributed by atoms with Crippen molar-refractivity contribution in [1.29, 1.82) is 0 Å². The summed E-state index contributed by atoms with van der Waals surface area (Å²) in [6.07, 6.45) is 4.63. The number of furan rings is 3. The van der Waals surface area contributed by atoms with Crippen LogP contribution < -0.4 is 0 Å². The van der Waals surface area contributed by atoms with Gasteiger partial charge in [-0.25, -0.2) is 0 Å². The molecule has 0 atom stereocenters. The van der Waals surface area contributed by atoms with Crippen LogP contribution in [0.1, 0.15) is 21.9 Å². The van der Waals surface area contributed by atoms with E-state index in [4.69, 9.17) is 13.3 Å². The first-order valence-corrected chi connectivity index (χ1v) is 7.10. The molecule has 0 saturated carbocycles. The topological polar surface area (TPSA) is 59.7 Å². The quantitative estimate of drug-likeness (QED) is 0.696. The number of halogens is 1. The fourth-order valence-corrected chi connectivity index (χ4v) is 2.41. The molecule has 21 heavy (non-hydrogen) atoms. The van der Waals surface area contributed by atoms with E-state index in [-0.39, 0.29) is 5.91 Å². The minimum absolute atomic E-state index is 0.163. The largest absolute Gasteiger partial charge is 0.467 e. The van der Waals surface area contributed by atoms with Gasteiger partial charge in [-0.1, -0.05) is 0 Å². The van der Waals surface area contributed by atoms with E-state index in [1.165, 1.54) is 6.26 Å². The Balaban J connectivity index is 1.84. The van der Waals surface area contributed by atoms with Gasteiger partial charge in [-0.2, -0.15) is 0 Å². The van der Waals surface area contributed by atoms with Gasteiger partial charge in [-0.15, -0.1) is 0 Å². The molecular weight excluding hydrogens is 338 g/mol. The molecule has 0 N–H and O–H groups in total. The van der Waals surface area contributed by atoms with Crippen LogP contribution in [0.3, 0.4) is 0 Å². The van der Waals surface area contributed by atoms with Gasteiger partial charge in [0.2, 0.25) is 0 Å². The second-order valence-corrected chi connectivity index (χ2v) is 5.15. The molecule has 3 rings (SSSR count). The first-order valence-electron chi connectivity index (χ1n) is 6.31. The molecule has 5 nitrogen and oxygen atoms in total. The minimum Gasteiger partial charge on any atom is -0.467 e. The molecule has 0 aliphatic rings. The van der Waals surface area contributed by atoms with Crippen molar-refractivity contribution >= 4 is 21.8 Å². The van der Waals surface area contributed by atoms with E-state index in [1.54, 1.807) is 35.6 Å². The predicted octanol–water partition coefficient (Wildman–Crippen LogP) is 4.07. The molecule has 0 bridgehead atoms. The predicted molar refractivity (Wildman–Crippen MR) is 77.4 cm³/mol. The van der Waals surface area contributed by atoms with Crippen molar-refractivity contribution in [1.82, 2.24) is 4.90 Å². The summed E-state index contributed by atoms with van der Waals surface area (Å²) in [7, 11) is 0. The SMILES string of the molecule is O=C(c1ccoc1Br)N(Cc1ccco1)Cc1ccco1. The molecule has 0 radical (unpaired) electrons. The summed E-state index contributed by atoms with van der Waals surface area (Å²) in [4.78, 5) is 14.3. The van der Waals surface area contributed by atoms with E-state index in [2.05, 4.69) is 15.9 Å². The average molecular weight is 350 g/mol. The Morgan fingerprint density at radius 1 is 0.952 bits per heavy atom. The molecule has 1 amide bonds. The van der Waals surface area contributed by atoms with E-state index in [0.29, 0.717) is 34.8 Å². The smallest absolute Gasteiger partial charge is 0.259 e. The Bertz CT molecular complexity index is 664. The number of hydrogen-bond acceptors (Lipinski definition) is 4. The molecule has 0 spiro atoms. The molecule has 0 saturated heterocycles. The fraction of sp³-hybridized carbons (Fsp3) is 0.133. The zero-order chi connectivity index (χ0) is 14.7. The molecule has 0 aliphatic carbocycles. The number of rotatable bonds is 5. The lowest BCUT2D eigenvalue weighted by Crippen LogP contribution is -2.29. The molecule has 108 valence electrons. The summed E-state index contributed by atoms with van der Waals surface area (Å²) in [5.74, 6) is 1.24. The number of nitrogens with zero attached hydrogens (tertiary/aromatic N) is 1. The van der Waals surface area contributed by atoms with Crippen LogP contribution in [0.4, 0.5) is 0 Å².